The summed E-state index contributed by atoms with van der Waals surface area (Å²) in [6, 6.07) is 2.47. The predicted molar refractivity (Wildman–Crippen MR) is 98.8 cm³/mol. The van der Waals surface area contributed by atoms with E-state index in [-0.39, 0.29) is 19.5 Å². The zero-order chi connectivity index (χ0) is 20.0. The second-order valence-corrected chi connectivity index (χ2v) is 11.0. The second-order valence-electron chi connectivity index (χ2n) is 6.88. The molecule has 1 aromatic rings. The lowest BCUT2D eigenvalue weighted by molar-refractivity contribution is -0.158. The van der Waals surface area contributed by atoms with E-state index >= 15 is 0 Å². The fourth-order valence-corrected chi connectivity index (χ4v) is 6.10. The van der Waals surface area contributed by atoms with Gasteiger partial charge in [0.25, 0.3) is 0 Å². The summed E-state index contributed by atoms with van der Waals surface area (Å²) in [4.78, 5) is 10.9. The number of amides is 1. The lowest BCUT2D eigenvalue weighted by atomic mass is 9.98. The van der Waals surface area contributed by atoms with Gasteiger partial charge < -0.3 is 0 Å². The number of hydroxylamine groups is 2. The molecule has 1 unspecified atom stereocenters. The number of halogens is 4. The maximum absolute atomic E-state index is 12.9. The van der Waals surface area contributed by atoms with Crippen LogP contribution in [0, 0.1) is 0 Å². The average Bonchev–Trinajstić information content (AvgIpc) is 3.35. The van der Waals surface area contributed by atoms with Crippen LogP contribution in [0.4, 0.5) is 13.2 Å². The number of alkyl halides is 4. The van der Waals surface area contributed by atoms with Gasteiger partial charge in [-0.05, 0) is 42.5 Å². The summed E-state index contributed by atoms with van der Waals surface area (Å²) in [7, 11) is -3.89. The van der Waals surface area contributed by atoms with E-state index in [1.165, 1.54) is 6.07 Å². The molecule has 1 N–H and O–H groups in total. The molecule has 1 aliphatic carbocycles. The van der Waals surface area contributed by atoms with E-state index in [2.05, 4.69) is 0 Å². The Labute approximate surface area is 168 Å². The summed E-state index contributed by atoms with van der Waals surface area (Å²) in [6.07, 6.45) is -2.65. The molecule has 2 aliphatic rings. The van der Waals surface area contributed by atoms with Gasteiger partial charge in [0.15, 0.2) is 0 Å². The zero-order valence-corrected chi connectivity index (χ0v) is 17.1. The standard InChI is InChI=1S/C16H18F3IN2O4S/c17-16(18,19)13-2-1-11-3-6-21(8-12(11)7-13)27(25,26)9-14(22(24)10-23)15(20)4-5-15/h1-2,7,10,14,24H,3-6,8-9H2. The van der Waals surface area contributed by atoms with Crippen LogP contribution in [0.3, 0.4) is 0 Å². The number of carbonyl (C=O) groups excluding carboxylic acids is 1. The highest BCUT2D eigenvalue weighted by atomic mass is 127. The molecule has 0 radical (unpaired) electrons. The Morgan fingerprint density at radius 2 is 2.00 bits per heavy atom. The van der Waals surface area contributed by atoms with Crippen molar-refractivity contribution < 1.29 is 31.6 Å². The van der Waals surface area contributed by atoms with Crippen LogP contribution < -0.4 is 0 Å². The minimum Gasteiger partial charge on any atom is -0.286 e. The third kappa shape index (κ3) is 4.40. The Morgan fingerprint density at radius 3 is 2.56 bits per heavy atom. The summed E-state index contributed by atoms with van der Waals surface area (Å²) < 4.78 is 65.1. The largest absolute Gasteiger partial charge is 0.416 e. The Balaban J connectivity index is 1.81. The van der Waals surface area contributed by atoms with Crippen molar-refractivity contribution in [2.24, 2.45) is 0 Å². The first-order valence-corrected chi connectivity index (χ1v) is 10.9. The summed E-state index contributed by atoms with van der Waals surface area (Å²) in [5.41, 5.74) is 0.198. The van der Waals surface area contributed by atoms with E-state index in [4.69, 9.17) is 0 Å². The lowest BCUT2D eigenvalue weighted by Gasteiger charge is -2.32. The summed E-state index contributed by atoms with van der Waals surface area (Å²) in [6.45, 7) is -0.0107. The number of hydrogen-bond acceptors (Lipinski definition) is 4. The Bertz CT molecular complexity index is 843. The van der Waals surface area contributed by atoms with E-state index in [0.717, 1.165) is 16.4 Å². The van der Waals surface area contributed by atoms with Gasteiger partial charge in [-0.25, -0.2) is 13.5 Å². The van der Waals surface area contributed by atoms with Crippen LogP contribution in [0.25, 0.3) is 0 Å². The molecule has 0 saturated heterocycles. The molecule has 1 atom stereocenters. The minimum absolute atomic E-state index is 0.147. The molecular weight excluding hydrogens is 500 g/mol. The Hall–Kier alpha value is -0.920. The number of rotatable bonds is 6. The monoisotopic (exact) mass is 518 g/mol. The maximum Gasteiger partial charge on any atom is 0.416 e. The van der Waals surface area contributed by atoms with Crippen molar-refractivity contribution in [3.05, 3.63) is 34.9 Å². The molecule has 1 heterocycles. The highest BCUT2D eigenvalue weighted by Gasteiger charge is 2.52. The number of nitrogens with zero attached hydrogens (tertiary/aromatic N) is 2. The first-order valence-electron chi connectivity index (χ1n) is 8.24. The SMILES string of the molecule is O=CN(O)C(CS(=O)(=O)N1CCc2ccc(C(F)(F)F)cc2C1)C1(I)CC1. The predicted octanol–water partition coefficient (Wildman–Crippen LogP) is 2.58. The van der Waals surface area contributed by atoms with Gasteiger partial charge >= 0.3 is 6.18 Å². The Kier molecular flexibility index (Phi) is 5.51. The highest BCUT2D eigenvalue weighted by Crippen LogP contribution is 2.49. The van der Waals surface area contributed by atoms with Gasteiger partial charge in [-0.15, -0.1) is 0 Å². The molecule has 27 heavy (non-hydrogen) atoms. The summed E-state index contributed by atoms with van der Waals surface area (Å²) in [5, 5.41) is 10.2. The zero-order valence-electron chi connectivity index (χ0n) is 14.1. The van der Waals surface area contributed by atoms with E-state index in [9.17, 15) is 31.6 Å². The number of carbonyl (C=O) groups is 1. The molecule has 1 amide bonds. The molecule has 0 spiro atoms. The van der Waals surface area contributed by atoms with Gasteiger partial charge in [0.2, 0.25) is 16.4 Å². The van der Waals surface area contributed by atoms with Crippen LogP contribution in [0.15, 0.2) is 18.2 Å². The van der Waals surface area contributed by atoms with Gasteiger partial charge in [-0.2, -0.15) is 17.5 Å². The molecule has 1 aromatic carbocycles. The van der Waals surface area contributed by atoms with E-state index in [1.807, 2.05) is 22.6 Å². The number of benzene rings is 1. The molecule has 3 rings (SSSR count). The first kappa shape index (κ1) is 20.8. The first-order chi connectivity index (χ1) is 12.5. The van der Waals surface area contributed by atoms with Crippen molar-refractivity contribution >= 4 is 39.0 Å². The molecule has 6 nitrogen and oxygen atoms in total. The number of hydrogen-bond donors (Lipinski definition) is 1. The third-order valence-corrected chi connectivity index (χ3v) is 8.66. The highest BCUT2D eigenvalue weighted by molar-refractivity contribution is 14.1. The van der Waals surface area contributed by atoms with Crippen molar-refractivity contribution in [3.63, 3.8) is 0 Å². The van der Waals surface area contributed by atoms with E-state index in [0.29, 0.717) is 35.5 Å². The van der Waals surface area contributed by atoms with Crippen molar-refractivity contribution in [3.8, 4) is 0 Å². The van der Waals surface area contributed by atoms with Crippen LogP contribution in [0.1, 0.15) is 29.5 Å². The molecule has 1 fully saturated rings. The third-order valence-electron chi connectivity index (χ3n) is 5.02. The van der Waals surface area contributed by atoms with E-state index < -0.39 is 37.0 Å². The van der Waals surface area contributed by atoms with Crippen LogP contribution in [-0.2, 0) is 34.0 Å². The maximum atomic E-state index is 12.9. The molecule has 1 saturated carbocycles. The van der Waals surface area contributed by atoms with Crippen molar-refractivity contribution in [1.29, 1.82) is 0 Å². The van der Waals surface area contributed by atoms with Crippen LogP contribution in [0.2, 0.25) is 0 Å². The normalized spacial score (nSPS) is 20.6. The Morgan fingerprint density at radius 1 is 1.33 bits per heavy atom. The molecular formula is C16H18F3IN2O4S. The molecule has 11 heteroatoms. The number of fused-ring (bicyclic) bond motifs is 1. The van der Waals surface area contributed by atoms with E-state index in [1.54, 1.807) is 0 Å². The van der Waals surface area contributed by atoms with Crippen molar-refractivity contribution in [2.75, 3.05) is 12.3 Å². The molecule has 150 valence electrons. The summed E-state index contributed by atoms with van der Waals surface area (Å²) in [5.74, 6) is -0.473. The van der Waals surface area contributed by atoms with Crippen LogP contribution in [-0.4, -0.2) is 51.2 Å². The summed E-state index contributed by atoms with van der Waals surface area (Å²) >= 11 is 2.04. The topological polar surface area (TPSA) is 77.9 Å². The van der Waals surface area contributed by atoms with Gasteiger partial charge in [0.05, 0.1) is 17.4 Å². The van der Waals surface area contributed by atoms with Crippen molar-refractivity contribution in [1.82, 2.24) is 9.37 Å². The molecule has 0 aromatic heterocycles. The van der Waals surface area contributed by atoms with Crippen LogP contribution in [0.5, 0.6) is 0 Å². The lowest BCUT2D eigenvalue weighted by Crippen LogP contribution is -2.48. The quantitative estimate of drug-likeness (QED) is 0.207. The molecule has 0 bridgehead atoms. The van der Waals surface area contributed by atoms with Gasteiger partial charge in [-0.3, -0.25) is 10.0 Å². The molecule has 1 aliphatic heterocycles. The second kappa shape index (κ2) is 7.16. The van der Waals surface area contributed by atoms with Gasteiger partial charge in [0, 0.05) is 16.5 Å². The fourth-order valence-electron chi connectivity index (χ4n) is 3.24. The van der Waals surface area contributed by atoms with Crippen molar-refractivity contribution in [2.45, 2.75) is 41.4 Å². The van der Waals surface area contributed by atoms with Gasteiger partial charge in [-0.1, -0.05) is 28.7 Å². The fraction of sp³-hybridized carbons (Fsp3) is 0.562. The van der Waals surface area contributed by atoms with Gasteiger partial charge in [0.1, 0.15) is 0 Å². The average molecular weight is 518 g/mol. The van der Waals surface area contributed by atoms with Crippen LogP contribution >= 0.6 is 22.6 Å². The smallest absolute Gasteiger partial charge is 0.286 e. The number of sulfonamides is 1. The minimum atomic E-state index is -4.50.